The van der Waals surface area contributed by atoms with Gasteiger partial charge in [0.1, 0.15) is 0 Å². The second-order valence-electron chi connectivity index (χ2n) is 8.15. The van der Waals surface area contributed by atoms with Gasteiger partial charge in [0.2, 0.25) is 0 Å². The van der Waals surface area contributed by atoms with Gasteiger partial charge < -0.3 is 15.0 Å². The predicted molar refractivity (Wildman–Crippen MR) is 125 cm³/mol. The van der Waals surface area contributed by atoms with Crippen molar-refractivity contribution in [2.24, 2.45) is 0 Å². The number of fused-ring (bicyclic) bond motifs is 1. The van der Waals surface area contributed by atoms with E-state index in [1.807, 2.05) is 72.9 Å². The van der Waals surface area contributed by atoms with E-state index in [0.717, 1.165) is 27.6 Å². The summed E-state index contributed by atoms with van der Waals surface area (Å²) in [6.45, 7) is 0.255. The molecule has 0 saturated carbocycles. The summed E-state index contributed by atoms with van der Waals surface area (Å²) in [5, 5.41) is 11.8. The Hall–Kier alpha value is -4.19. The van der Waals surface area contributed by atoms with Crippen LogP contribution in [0.15, 0.2) is 96.7 Å². The molecule has 5 rings (SSSR count). The Morgan fingerprint density at radius 1 is 0.970 bits per heavy atom. The predicted octanol–water partition coefficient (Wildman–Crippen LogP) is 4.66. The zero-order chi connectivity index (χ0) is 22.8. The molecule has 0 radical (unpaired) electrons. The third kappa shape index (κ3) is 3.91. The molecule has 6 heteroatoms. The number of amides is 1. The van der Waals surface area contributed by atoms with Crippen molar-refractivity contribution in [1.29, 1.82) is 0 Å². The first-order valence-corrected chi connectivity index (χ1v) is 10.9. The summed E-state index contributed by atoms with van der Waals surface area (Å²) in [6.07, 6.45) is 5.89. The Morgan fingerprint density at radius 3 is 2.48 bits per heavy atom. The average molecular weight is 437 g/mol. The molecule has 0 fully saturated rings. The quantitative estimate of drug-likeness (QED) is 0.440. The second kappa shape index (κ2) is 8.74. The van der Waals surface area contributed by atoms with E-state index in [0.29, 0.717) is 6.42 Å². The van der Waals surface area contributed by atoms with Crippen LogP contribution in [0.25, 0.3) is 10.9 Å². The number of Topliss-reactive ketones (excluding diaryl/α,β-unsaturated/α-hetero) is 1. The number of aromatic amines is 1. The van der Waals surface area contributed by atoms with Crippen LogP contribution in [0.4, 0.5) is 0 Å². The summed E-state index contributed by atoms with van der Waals surface area (Å²) in [4.78, 5) is 35.4. The van der Waals surface area contributed by atoms with Gasteiger partial charge in [0.15, 0.2) is 11.5 Å². The highest BCUT2D eigenvalue weighted by Gasteiger charge is 2.44. The number of carbonyl (C=O) groups excluding carboxylic acids is 2. The van der Waals surface area contributed by atoms with Crippen molar-refractivity contribution in [3.05, 3.63) is 113 Å². The molecule has 1 atom stereocenters. The first kappa shape index (κ1) is 20.7. The Bertz CT molecular complexity index is 1340. The third-order valence-electron chi connectivity index (χ3n) is 6.11. The number of ketones is 1. The fraction of sp³-hybridized carbons (Fsp3) is 0.148. The molecule has 1 amide bonds. The number of aliphatic hydroxyl groups excluding tert-OH is 1. The number of hydrogen-bond acceptors (Lipinski definition) is 4. The molecule has 0 saturated heterocycles. The Morgan fingerprint density at radius 2 is 1.70 bits per heavy atom. The Kier molecular flexibility index (Phi) is 5.48. The summed E-state index contributed by atoms with van der Waals surface area (Å²) in [5.74, 6) is -1.22. The molecule has 164 valence electrons. The molecule has 2 aromatic heterocycles. The molecule has 1 aliphatic rings. The maximum absolute atomic E-state index is 13.4. The zero-order valence-corrected chi connectivity index (χ0v) is 17.9. The van der Waals surface area contributed by atoms with Gasteiger partial charge in [-0.05, 0) is 35.7 Å². The summed E-state index contributed by atoms with van der Waals surface area (Å²) in [6, 6.07) is 20.5. The van der Waals surface area contributed by atoms with Crippen LogP contribution >= 0.6 is 0 Å². The number of para-hydroxylation sites is 1. The van der Waals surface area contributed by atoms with Gasteiger partial charge in [-0.15, -0.1) is 0 Å². The van der Waals surface area contributed by atoms with Crippen LogP contribution in [0, 0.1) is 0 Å². The van der Waals surface area contributed by atoms with Crippen molar-refractivity contribution in [3.8, 4) is 0 Å². The van der Waals surface area contributed by atoms with E-state index in [1.165, 1.54) is 0 Å². The van der Waals surface area contributed by atoms with Crippen molar-refractivity contribution >= 4 is 22.6 Å². The van der Waals surface area contributed by atoms with E-state index >= 15 is 0 Å². The van der Waals surface area contributed by atoms with Gasteiger partial charge in [-0.25, -0.2) is 0 Å². The van der Waals surface area contributed by atoms with E-state index in [-0.39, 0.29) is 24.3 Å². The maximum Gasteiger partial charge on any atom is 0.290 e. The zero-order valence-electron chi connectivity index (χ0n) is 17.9. The van der Waals surface area contributed by atoms with Gasteiger partial charge in [0.25, 0.3) is 5.91 Å². The molecule has 33 heavy (non-hydrogen) atoms. The topological polar surface area (TPSA) is 86.3 Å². The lowest BCUT2D eigenvalue weighted by molar-refractivity contribution is -0.130. The lowest BCUT2D eigenvalue weighted by Gasteiger charge is -2.26. The van der Waals surface area contributed by atoms with Gasteiger partial charge in [0.05, 0.1) is 11.6 Å². The number of benzene rings is 2. The lowest BCUT2D eigenvalue weighted by Crippen LogP contribution is -2.30. The highest BCUT2D eigenvalue weighted by molar-refractivity contribution is 6.09. The number of pyridine rings is 1. The highest BCUT2D eigenvalue weighted by Crippen LogP contribution is 2.41. The van der Waals surface area contributed by atoms with Crippen LogP contribution in [0.1, 0.15) is 29.2 Å². The van der Waals surface area contributed by atoms with E-state index in [9.17, 15) is 14.7 Å². The minimum Gasteiger partial charge on any atom is -0.503 e. The van der Waals surface area contributed by atoms with E-state index in [2.05, 4.69) is 9.97 Å². The van der Waals surface area contributed by atoms with Gasteiger partial charge in [0, 0.05) is 48.0 Å². The first-order valence-electron chi connectivity index (χ1n) is 10.9. The summed E-state index contributed by atoms with van der Waals surface area (Å²) in [7, 11) is 0. The molecule has 2 aromatic carbocycles. The van der Waals surface area contributed by atoms with E-state index in [4.69, 9.17) is 0 Å². The summed E-state index contributed by atoms with van der Waals surface area (Å²) >= 11 is 0. The summed E-state index contributed by atoms with van der Waals surface area (Å²) in [5.41, 5.74) is 3.77. The Balaban J connectivity index is 1.53. The first-order chi connectivity index (χ1) is 16.1. The lowest BCUT2D eigenvalue weighted by atomic mass is 9.93. The largest absolute Gasteiger partial charge is 0.503 e. The normalized spacial score (nSPS) is 16.1. The van der Waals surface area contributed by atoms with Crippen LogP contribution in [-0.2, 0) is 22.6 Å². The van der Waals surface area contributed by atoms with E-state index in [1.54, 1.807) is 17.3 Å². The molecule has 1 unspecified atom stereocenters. The minimum absolute atomic E-state index is 0.162. The minimum atomic E-state index is -0.676. The van der Waals surface area contributed by atoms with Crippen LogP contribution in [0.3, 0.4) is 0 Å². The number of nitrogens with one attached hydrogen (secondary N) is 1. The SMILES string of the molecule is O=C(CCc1ccccc1)C1=C(O)C(=O)N(Cc2ccncc2)C1c1c[nH]c2ccccc12. The molecular formula is C27H23N3O3. The average Bonchev–Trinajstić information content (AvgIpc) is 3.38. The fourth-order valence-electron chi connectivity index (χ4n) is 4.47. The monoisotopic (exact) mass is 437 g/mol. The van der Waals surface area contributed by atoms with Gasteiger partial charge in [-0.3, -0.25) is 14.6 Å². The number of carbonyl (C=O) groups is 2. The molecule has 6 nitrogen and oxygen atoms in total. The van der Waals surface area contributed by atoms with Crippen LogP contribution < -0.4 is 0 Å². The molecular weight excluding hydrogens is 414 g/mol. The van der Waals surface area contributed by atoms with Gasteiger partial charge in [-0.2, -0.15) is 0 Å². The molecule has 2 N–H and O–H groups in total. The molecule has 0 spiro atoms. The van der Waals surface area contributed by atoms with Crippen molar-refractivity contribution in [2.45, 2.75) is 25.4 Å². The van der Waals surface area contributed by atoms with Crippen LogP contribution in [-0.4, -0.2) is 31.7 Å². The van der Waals surface area contributed by atoms with Crippen molar-refractivity contribution < 1.29 is 14.7 Å². The number of hydrogen-bond donors (Lipinski definition) is 2. The standard InChI is InChI=1S/C27H23N3O3/c31-23(11-10-18-6-2-1-3-7-18)24-25(21-16-29-22-9-5-4-8-20(21)22)30(27(33)26(24)32)17-19-12-14-28-15-13-19/h1-9,12-16,25,29,32H,10-11,17H2. The molecule has 0 aliphatic carbocycles. The molecule has 3 heterocycles. The number of rotatable bonds is 7. The van der Waals surface area contributed by atoms with Crippen molar-refractivity contribution in [1.82, 2.24) is 14.9 Å². The number of aryl methyl sites for hydroxylation is 1. The number of nitrogens with zero attached hydrogens (tertiary/aromatic N) is 2. The smallest absolute Gasteiger partial charge is 0.290 e. The highest BCUT2D eigenvalue weighted by atomic mass is 16.3. The Labute approximate surface area is 191 Å². The molecule has 4 aromatic rings. The van der Waals surface area contributed by atoms with Gasteiger partial charge >= 0.3 is 0 Å². The van der Waals surface area contributed by atoms with Crippen molar-refractivity contribution in [2.75, 3.05) is 0 Å². The van der Waals surface area contributed by atoms with Gasteiger partial charge in [-0.1, -0.05) is 48.5 Å². The third-order valence-corrected chi connectivity index (χ3v) is 6.11. The number of aliphatic hydroxyl groups is 1. The van der Waals surface area contributed by atoms with Crippen LogP contribution in [0.2, 0.25) is 0 Å². The second-order valence-corrected chi connectivity index (χ2v) is 8.15. The van der Waals surface area contributed by atoms with E-state index < -0.39 is 17.7 Å². The van der Waals surface area contributed by atoms with Crippen LogP contribution in [0.5, 0.6) is 0 Å². The number of H-pyrrole nitrogens is 1. The summed E-state index contributed by atoms with van der Waals surface area (Å²) < 4.78 is 0. The molecule has 1 aliphatic heterocycles. The molecule has 0 bridgehead atoms. The maximum atomic E-state index is 13.4. The number of aromatic nitrogens is 2. The van der Waals surface area contributed by atoms with Crippen molar-refractivity contribution in [3.63, 3.8) is 0 Å². The fourth-order valence-corrected chi connectivity index (χ4v) is 4.47.